The summed E-state index contributed by atoms with van der Waals surface area (Å²) in [4.78, 5) is 23.0. The molecule has 1 aromatic carbocycles. The fourth-order valence-corrected chi connectivity index (χ4v) is 1.48. The van der Waals surface area contributed by atoms with Crippen LogP contribution in [0, 0.1) is 5.41 Å². The molecule has 5 nitrogen and oxygen atoms in total. The van der Waals surface area contributed by atoms with Gasteiger partial charge in [0.2, 0.25) is 0 Å². The molecule has 5 heteroatoms. The van der Waals surface area contributed by atoms with Crippen LogP contribution in [0.15, 0.2) is 24.3 Å². The predicted molar refractivity (Wildman–Crippen MR) is 66.5 cm³/mol. The molecule has 98 valence electrons. The molecular formula is C13H17NO4. The maximum Gasteiger partial charge on any atom is 0.326 e. The van der Waals surface area contributed by atoms with E-state index in [2.05, 4.69) is 5.32 Å². The van der Waals surface area contributed by atoms with E-state index in [9.17, 15) is 9.59 Å². The van der Waals surface area contributed by atoms with Gasteiger partial charge in [0.25, 0.3) is 5.91 Å². The van der Waals surface area contributed by atoms with Crippen molar-refractivity contribution >= 4 is 11.9 Å². The van der Waals surface area contributed by atoms with E-state index in [1.807, 2.05) is 0 Å². The zero-order valence-electron chi connectivity index (χ0n) is 10.6. The third-order valence-corrected chi connectivity index (χ3v) is 2.52. The molecule has 1 aromatic rings. The molecule has 1 amide bonds. The largest absolute Gasteiger partial charge is 0.508 e. The van der Waals surface area contributed by atoms with Gasteiger partial charge in [-0.3, -0.25) is 4.79 Å². The number of carboxylic acids is 1. The first-order chi connectivity index (χ1) is 8.21. The molecule has 1 atom stereocenters. The first-order valence-electron chi connectivity index (χ1n) is 5.54. The lowest BCUT2D eigenvalue weighted by Crippen LogP contribution is -2.49. The Morgan fingerprint density at radius 2 is 1.67 bits per heavy atom. The van der Waals surface area contributed by atoms with Crippen molar-refractivity contribution in [3.63, 3.8) is 0 Å². The Balaban J connectivity index is 2.86. The average Bonchev–Trinajstić information content (AvgIpc) is 2.24. The zero-order chi connectivity index (χ0) is 13.9. The van der Waals surface area contributed by atoms with E-state index in [1.54, 1.807) is 20.8 Å². The van der Waals surface area contributed by atoms with Crippen LogP contribution in [0.25, 0.3) is 0 Å². The number of aliphatic carboxylic acids is 1. The smallest absolute Gasteiger partial charge is 0.326 e. The van der Waals surface area contributed by atoms with Crippen LogP contribution in [0.3, 0.4) is 0 Å². The maximum absolute atomic E-state index is 11.9. The number of hydrogen-bond acceptors (Lipinski definition) is 3. The van der Waals surface area contributed by atoms with Crippen molar-refractivity contribution in [3.05, 3.63) is 29.8 Å². The van der Waals surface area contributed by atoms with Crippen LogP contribution in [0.2, 0.25) is 0 Å². The summed E-state index contributed by atoms with van der Waals surface area (Å²) in [5, 5.41) is 20.7. The van der Waals surface area contributed by atoms with Gasteiger partial charge in [-0.15, -0.1) is 0 Å². The van der Waals surface area contributed by atoms with Crippen LogP contribution in [0.1, 0.15) is 31.1 Å². The molecule has 0 bridgehead atoms. The Morgan fingerprint density at radius 1 is 1.17 bits per heavy atom. The summed E-state index contributed by atoms with van der Waals surface area (Å²) in [7, 11) is 0. The molecular weight excluding hydrogens is 234 g/mol. The second kappa shape index (κ2) is 5.08. The number of benzene rings is 1. The van der Waals surface area contributed by atoms with Gasteiger partial charge < -0.3 is 15.5 Å². The Kier molecular flexibility index (Phi) is 3.96. The van der Waals surface area contributed by atoms with Gasteiger partial charge in [0.05, 0.1) is 0 Å². The third-order valence-electron chi connectivity index (χ3n) is 2.52. The molecule has 18 heavy (non-hydrogen) atoms. The normalized spacial score (nSPS) is 12.8. The van der Waals surface area contributed by atoms with Gasteiger partial charge in [0.15, 0.2) is 0 Å². The summed E-state index contributed by atoms with van der Waals surface area (Å²) in [5.41, 5.74) is -0.276. The van der Waals surface area contributed by atoms with Gasteiger partial charge >= 0.3 is 5.97 Å². The van der Waals surface area contributed by atoms with Gasteiger partial charge in [-0.05, 0) is 29.7 Å². The lowest BCUT2D eigenvalue weighted by atomic mass is 9.86. The van der Waals surface area contributed by atoms with Crippen LogP contribution in [-0.2, 0) is 4.79 Å². The maximum atomic E-state index is 11.9. The monoisotopic (exact) mass is 251 g/mol. The van der Waals surface area contributed by atoms with E-state index in [0.717, 1.165) is 0 Å². The molecule has 0 saturated carbocycles. The summed E-state index contributed by atoms with van der Waals surface area (Å²) in [5.74, 6) is -1.50. The summed E-state index contributed by atoms with van der Waals surface area (Å²) in [6, 6.07) is 4.65. The number of amides is 1. The first-order valence-corrected chi connectivity index (χ1v) is 5.54. The van der Waals surface area contributed by atoms with Crippen LogP contribution >= 0.6 is 0 Å². The number of phenolic OH excluding ortho intramolecular Hbond substituents is 1. The van der Waals surface area contributed by atoms with Crippen molar-refractivity contribution < 1.29 is 19.8 Å². The Bertz CT molecular complexity index is 445. The number of carbonyl (C=O) groups is 2. The van der Waals surface area contributed by atoms with Gasteiger partial charge in [0, 0.05) is 5.56 Å². The van der Waals surface area contributed by atoms with Crippen molar-refractivity contribution in [3.8, 4) is 5.75 Å². The quantitative estimate of drug-likeness (QED) is 0.762. The molecule has 1 unspecified atom stereocenters. The molecule has 0 fully saturated rings. The minimum Gasteiger partial charge on any atom is -0.508 e. The zero-order valence-corrected chi connectivity index (χ0v) is 10.6. The fraction of sp³-hybridized carbons (Fsp3) is 0.385. The molecule has 0 saturated heterocycles. The van der Waals surface area contributed by atoms with Crippen LogP contribution in [0.5, 0.6) is 5.75 Å². The fourth-order valence-electron chi connectivity index (χ4n) is 1.48. The van der Waals surface area contributed by atoms with E-state index in [4.69, 9.17) is 10.2 Å². The molecule has 0 heterocycles. The van der Waals surface area contributed by atoms with Crippen molar-refractivity contribution in [2.45, 2.75) is 26.8 Å². The van der Waals surface area contributed by atoms with E-state index in [-0.39, 0.29) is 5.75 Å². The average molecular weight is 251 g/mol. The highest BCUT2D eigenvalue weighted by molar-refractivity contribution is 5.96. The summed E-state index contributed by atoms with van der Waals surface area (Å²) in [6.07, 6.45) is 0. The van der Waals surface area contributed by atoms with E-state index in [0.29, 0.717) is 5.56 Å². The summed E-state index contributed by atoms with van der Waals surface area (Å²) < 4.78 is 0. The highest BCUT2D eigenvalue weighted by atomic mass is 16.4. The summed E-state index contributed by atoms with van der Waals surface area (Å²) in [6.45, 7) is 5.22. The number of hydrogen-bond donors (Lipinski definition) is 3. The molecule has 0 aliphatic heterocycles. The lowest BCUT2D eigenvalue weighted by Gasteiger charge is -2.27. The molecule has 0 aliphatic rings. The number of phenols is 1. The lowest BCUT2D eigenvalue weighted by molar-refractivity contribution is -0.142. The second-order valence-electron chi connectivity index (χ2n) is 5.16. The van der Waals surface area contributed by atoms with Crippen LogP contribution in [0.4, 0.5) is 0 Å². The van der Waals surface area contributed by atoms with Crippen molar-refractivity contribution in [2.75, 3.05) is 0 Å². The van der Waals surface area contributed by atoms with Gasteiger partial charge in [-0.25, -0.2) is 4.79 Å². The molecule has 0 radical (unpaired) electrons. The highest BCUT2D eigenvalue weighted by Gasteiger charge is 2.32. The van der Waals surface area contributed by atoms with Gasteiger partial charge in [-0.2, -0.15) is 0 Å². The van der Waals surface area contributed by atoms with E-state index >= 15 is 0 Å². The van der Waals surface area contributed by atoms with Crippen LogP contribution < -0.4 is 5.32 Å². The van der Waals surface area contributed by atoms with Crippen molar-refractivity contribution in [2.24, 2.45) is 5.41 Å². The van der Waals surface area contributed by atoms with Gasteiger partial charge in [0.1, 0.15) is 11.8 Å². The number of carboxylic acid groups (broad SMARTS) is 1. The SMILES string of the molecule is CC(C)(C)C(NC(=O)c1ccc(O)cc1)C(=O)O. The van der Waals surface area contributed by atoms with Crippen molar-refractivity contribution in [1.82, 2.24) is 5.32 Å². The molecule has 1 rings (SSSR count). The van der Waals surface area contributed by atoms with Crippen LogP contribution in [-0.4, -0.2) is 28.1 Å². The number of rotatable bonds is 3. The Labute approximate surface area is 105 Å². The number of nitrogens with one attached hydrogen (secondary N) is 1. The van der Waals surface area contributed by atoms with Crippen molar-refractivity contribution in [1.29, 1.82) is 0 Å². The minimum absolute atomic E-state index is 0.0529. The molecule has 0 aromatic heterocycles. The number of aromatic hydroxyl groups is 1. The highest BCUT2D eigenvalue weighted by Crippen LogP contribution is 2.20. The first kappa shape index (κ1) is 14.0. The second-order valence-corrected chi connectivity index (χ2v) is 5.16. The summed E-state index contributed by atoms with van der Waals surface area (Å²) >= 11 is 0. The van der Waals surface area contributed by atoms with Gasteiger partial charge in [-0.1, -0.05) is 20.8 Å². The van der Waals surface area contributed by atoms with E-state index < -0.39 is 23.3 Å². The topological polar surface area (TPSA) is 86.6 Å². The molecule has 3 N–H and O–H groups in total. The standard InChI is InChI=1S/C13H17NO4/c1-13(2,3)10(12(17)18)14-11(16)8-4-6-9(15)7-5-8/h4-7,10,15H,1-3H3,(H,14,16)(H,17,18). The van der Waals surface area contributed by atoms with E-state index in [1.165, 1.54) is 24.3 Å². The molecule has 0 aliphatic carbocycles. The minimum atomic E-state index is -1.07. The molecule has 0 spiro atoms. The Hall–Kier alpha value is -2.04. The predicted octanol–water partition coefficient (Wildman–Crippen LogP) is 1.62. The number of carbonyl (C=O) groups excluding carboxylic acids is 1. The third kappa shape index (κ3) is 3.48. The Morgan fingerprint density at radius 3 is 2.06 bits per heavy atom.